The number of likely N-dealkylation sites (tertiary alicyclic amines) is 1. The molecule has 3 aromatic rings. The molecule has 0 bridgehead atoms. The SMILES string of the molecule is O=C(c1cc2cc(F)ccc2[nH]1)N1CCC[C@@H]1c1ccc(F)cc1. The van der Waals surface area contributed by atoms with Crippen LogP contribution in [-0.4, -0.2) is 22.3 Å². The number of amides is 1. The van der Waals surface area contributed by atoms with Crippen LogP contribution in [0.5, 0.6) is 0 Å². The molecule has 1 aliphatic heterocycles. The fourth-order valence-electron chi connectivity index (χ4n) is 3.41. The predicted octanol–water partition coefficient (Wildman–Crippen LogP) is 4.42. The minimum atomic E-state index is -0.328. The number of carbonyl (C=O) groups is 1. The highest BCUT2D eigenvalue weighted by molar-refractivity contribution is 5.98. The third-order valence-electron chi connectivity index (χ3n) is 4.58. The number of hydrogen-bond donors (Lipinski definition) is 1. The Kier molecular flexibility index (Phi) is 3.56. The first-order valence-corrected chi connectivity index (χ1v) is 7.96. The number of nitrogens with zero attached hydrogens (tertiary/aromatic N) is 1. The van der Waals surface area contributed by atoms with Gasteiger partial charge in [-0.1, -0.05) is 12.1 Å². The van der Waals surface area contributed by atoms with E-state index in [1.54, 1.807) is 29.2 Å². The lowest BCUT2D eigenvalue weighted by Gasteiger charge is -2.24. The van der Waals surface area contributed by atoms with Crippen LogP contribution in [0, 0.1) is 11.6 Å². The van der Waals surface area contributed by atoms with Gasteiger partial charge in [-0.15, -0.1) is 0 Å². The molecule has 1 saturated heterocycles. The second-order valence-corrected chi connectivity index (χ2v) is 6.12. The number of aromatic amines is 1. The van der Waals surface area contributed by atoms with Crippen LogP contribution >= 0.6 is 0 Å². The van der Waals surface area contributed by atoms with Gasteiger partial charge in [0.1, 0.15) is 17.3 Å². The van der Waals surface area contributed by atoms with Crippen molar-refractivity contribution in [2.24, 2.45) is 0 Å². The third-order valence-corrected chi connectivity index (χ3v) is 4.58. The summed E-state index contributed by atoms with van der Waals surface area (Å²) in [6, 6.07) is 12.3. The van der Waals surface area contributed by atoms with Crippen LogP contribution in [0.2, 0.25) is 0 Å². The van der Waals surface area contributed by atoms with E-state index >= 15 is 0 Å². The summed E-state index contributed by atoms with van der Waals surface area (Å²) in [5.74, 6) is -0.725. The highest BCUT2D eigenvalue weighted by atomic mass is 19.1. The summed E-state index contributed by atoms with van der Waals surface area (Å²) in [5.41, 5.74) is 2.12. The lowest BCUT2D eigenvalue weighted by Crippen LogP contribution is -2.30. The van der Waals surface area contributed by atoms with E-state index in [9.17, 15) is 13.6 Å². The lowest BCUT2D eigenvalue weighted by molar-refractivity contribution is 0.0730. The molecule has 122 valence electrons. The zero-order valence-electron chi connectivity index (χ0n) is 12.9. The zero-order valence-corrected chi connectivity index (χ0v) is 12.9. The second-order valence-electron chi connectivity index (χ2n) is 6.12. The summed E-state index contributed by atoms with van der Waals surface area (Å²) in [4.78, 5) is 17.7. The number of aromatic nitrogens is 1. The van der Waals surface area contributed by atoms with Crippen molar-refractivity contribution in [3.05, 3.63) is 71.4 Å². The summed E-state index contributed by atoms with van der Waals surface area (Å²) >= 11 is 0. The topological polar surface area (TPSA) is 36.1 Å². The molecule has 2 heterocycles. The average molecular weight is 326 g/mol. The molecule has 3 nitrogen and oxygen atoms in total. The van der Waals surface area contributed by atoms with Gasteiger partial charge in [0.15, 0.2) is 0 Å². The molecule has 0 saturated carbocycles. The zero-order chi connectivity index (χ0) is 16.7. The van der Waals surface area contributed by atoms with Crippen LogP contribution in [0.25, 0.3) is 10.9 Å². The van der Waals surface area contributed by atoms with Crippen molar-refractivity contribution in [1.82, 2.24) is 9.88 Å². The van der Waals surface area contributed by atoms with Gasteiger partial charge >= 0.3 is 0 Å². The Bertz CT molecular complexity index is 901. The van der Waals surface area contributed by atoms with Gasteiger partial charge in [-0.05, 0) is 54.8 Å². The highest BCUT2D eigenvalue weighted by Crippen LogP contribution is 2.33. The van der Waals surface area contributed by atoms with E-state index in [1.807, 2.05) is 0 Å². The van der Waals surface area contributed by atoms with Crippen molar-refractivity contribution in [2.75, 3.05) is 6.54 Å². The normalized spacial score (nSPS) is 17.6. The van der Waals surface area contributed by atoms with E-state index in [-0.39, 0.29) is 23.6 Å². The molecule has 5 heteroatoms. The summed E-state index contributed by atoms with van der Waals surface area (Å²) in [5, 5.41) is 0.677. The van der Waals surface area contributed by atoms with Gasteiger partial charge < -0.3 is 9.88 Å². The first-order valence-electron chi connectivity index (χ1n) is 7.96. The first-order chi connectivity index (χ1) is 11.6. The van der Waals surface area contributed by atoms with Crippen molar-refractivity contribution in [1.29, 1.82) is 0 Å². The van der Waals surface area contributed by atoms with Gasteiger partial charge in [-0.25, -0.2) is 8.78 Å². The number of fused-ring (bicyclic) bond motifs is 1. The molecule has 1 aliphatic rings. The van der Waals surface area contributed by atoms with E-state index in [4.69, 9.17) is 0 Å². The Morgan fingerprint density at radius 3 is 2.58 bits per heavy atom. The van der Waals surface area contributed by atoms with E-state index < -0.39 is 0 Å². The van der Waals surface area contributed by atoms with E-state index in [0.717, 1.165) is 23.9 Å². The van der Waals surface area contributed by atoms with Crippen LogP contribution in [0.15, 0.2) is 48.5 Å². The quantitative estimate of drug-likeness (QED) is 0.743. The molecule has 2 aromatic carbocycles. The van der Waals surface area contributed by atoms with E-state index in [0.29, 0.717) is 17.6 Å². The molecule has 0 spiro atoms. The van der Waals surface area contributed by atoms with Crippen LogP contribution in [-0.2, 0) is 0 Å². The summed E-state index contributed by atoms with van der Waals surface area (Å²) in [7, 11) is 0. The molecular formula is C19H16F2N2O. The van der Waals surface area contributed by atoms with Crippen molar-refractivity contribution >= 4 is 16.8 Å². The molecule has 24 heavy (non-hydrogen) atoms. The summed E-state index contributed by atoms with van der Waals surface area (Å²) in [6.45, 7) is 0.657. The Hall–Kier alpha value is -2.69. The maximum absolute atomic E-state index is 13.3. The molecule has 1 fully saturated rings. The molecule has 1 atom stereocenters. The average Bonchev–Trinajstić information content (AvgIpc) is 3.21. The Balaban J connectivity index is 1.65. The number of carbonyl (C=O) groups excluding carboxylic acids is 1. The van der Waals surface area contributed by atoms with Crippen LogP contribution < -0.4 is 0 Å². The van der Waals surface area contributed by atoms with E-state index in [2.05, 4.69) is 4.98 Å². The number of halogens is 2. The Morgan fingerprint density at radius 2 is 1.79 bits per heavy atom. The minimum Gasteiger partial charge on any atom is -0.351 e. The van der Waals surface area contributed by atoms with Crippen molar-refractivity contribution in [2.45, 2.75) is 18.9 Å². The number of rotatable bonds is 2. The molecule has 0 aliphatic carbocycles. The first kappa shape index (κ1) is 14.9. The second kappa shape index (κ2) is 5.74. The van der Waals surface area contributed by atoms with Crippen LogP contribution in [0.3, 0.4) is 0 Å². The van der Waals surface area contributed by atoms with Crippen molar-refractivity contribution in [3.8, 4) is 0 Å². The van der Waals surface area contributed by atoms with Crippen LogP contribution in [0.1, 0.15) is 34.9 Å². The number of H-pyrrole nitrogens is 1. The van der Waals surface area contributed by atoms with Gasteiger partial charge in [0.25, 0.3) is 5.91 Å². The van der Waals surface area contributed by atoms with Crippen molar-refractivity contribution < 1.29 is 13.6 Å². The maximum Gasteiger partial charge on any atom is 0.270 e. The standard InChI is InChI=1S/C19H16F2N2O/c20-14-5-3-12(4-6-14)18-2-1-9-23(18)19(24)17-11-13-10-15(21)7-8-16(13)22-17/h3-8,10-11,18,22H,1-2,9H2/t18-/m1/s1. The third kappa shape index (κ3) is 2.56. The number of hydrogen-bond acceptors (Lipinski definition) is 1. The van der Waals surface area contributed by atoms with Gasteiger partial charge in [-0.2, -0.15) is 0 Å². The summed E-state index contributed by atoms with van der Waals surface area (Å²) < 4.78 is 26.5. The maximum atomic E-state index is 13.3. The fraction of sp³-hybridized carbons (Fsp3) is 0.211. The van der Waals surface area contributed by atoms with Gasteiger partial charge in [0.05, 0.1) is 6.04 Å². The molecule has 1 aromatic heterocycles. The largest absolute Gasteiger partial charge is 0.351 e. The number of nitrogens with one attached hydrogen (secondary N) is 1. The van der Waals surface area contributed by atoms with Gasteiger partial charge in [0, 0.05) is 17.4 Å². The molecule has 1 amide bonds. The monoisotopic (exact) mass is 326 g/mol. The molecular weight excluding hydrogens is 310 g/mol. The predicted molar refractivity (Wildman–Crippen MR) is 87.7 cm³/mol. The minimum absolute atomic E-state index is 0.0544. The summed E-state index contributed by atoms with van der Waals surface area (Å²) in [6.07, 6.45) is 1.76. The molecule has 4 rings (SSSR count). The molecule has 0 radical (unpaired) electrons. The molecule has 0 unspecified atom stereocenters. The van der Waals surface area contributed by atoms with E-state index in [1.165, 1.54) is 24.3 Å². The molecule has 1 N–H and O–H groups in total. The fourth-order valence-corrected chi connectivity index (χ4v) is 3.41. The Labute approximate surface area is 137 Å². The lowest BCUT2D eigenvalue weighted by atomic mass is 10.0. The van der Waals surface area contributed by atoms with Crippen LogP contribution in [0.4, 0.5) is 8.78 Å². The highest BCUT2D eigenvalue weighted by Gasteiger charge is 2.31. The Morgan fingerprint density at radius 1 is 1.04 bits per heavy atom. The smallest absolute Gasteiger partial charge is 0.270 e. The van der Waals surface area contributed by atoms with Crippen molar-refractivity contribution in [3.63, 3.8) is 0 Å². The van der Waals surface area contributed by atoms with Gasteiger partial charge in [-0.3, -0.25) is 4.79 Å². The number of benzene rings is 2. The van der Waals surface area contributed by atoms with Gasteiger partial charge in [0.2, 0.25) is 0 Å².